The lowest BCUT2D eigenvalue weighted by Crippen LogP contribution is -2.28. The minimum atomic E-state index is -0.882. The fraction of sp³-hybridized carbons (Fsp3) is 0.579. The zero-order chi connectivity index (χ0) is 22.4. The van der Waals surface area contributed by atoms with Crippen molar-refractivity contribution in [3.05, 3.63) is 24.3 Å². The van der Waals surface area contributed by atoms with Crippen molar-refractivity contribution in [3.8, 4) is 0 Å². The van der Waals surface area contributed by atoms with Gasteiger partial charge in [0.05, 0.1) is 6.61 Å². The molecule has 0 spiro atoms. The summed E-state index contributed by atoms with van der Waals surface area (Å²) in [5.74, 6) is -1.23. The summed E-state index contributed by atoms with van der Waals surface area (Å²) in [5.41, 5.74) is 0.451. The lowest BCUT2D eigenvalue weighted by Gasteiger charge is -2.15. The van der Waals surface area contributed by atoms with Gasteiger partial charge in [-0.3, -0.25) is 0 Å². The predicted octanol–water partition coefficient (Wildman–Crippen LogP) is 2.73. The Morgan fingerprint density at radius 2 is 1.25 bits per heavy atom. The first-order valence-electron chi connectivity index (χ1n) is 8.59. The topological polar surface area (TPSA) is 155 Å². The Morgan fingerprint density at radius 1 is 0.929 bits per heavy atom. The number of hydrogen-bond donors (Lipinski definition) is 3. The van der Waals surface area contributed by atoms with Gasteiger partial charge >= 0.3 is 11.9 Å². The van der Waals surface area contributed by atoms with Gasteiger partial charge in [-0.05, 0) is 13.8 Å². The summed E-state index contributed by atoms with van der Waals surface area (Å²) in [4.78, 5) is 38.8. The standard InChI is InChI=1S/C11H16O5.C6H12.2CHNO/c1-7(2)10(13)15-6-9(5-12)16-11(14)8(3)4;1-2-4-6-5-3-1;2*2-1-3/h9,12H,1,3,5-6H2,2,4H3;1-6H2;2*2H. The van der Waals surface area contributed by atoms with Crippen molar-refractivity contribution >= 4 is 24.1 Å². The quantitative estimate of drug-likeness (QED) is 0.269. The third-order valence-electron chi connectivity index (χ3n) is 3.07. The Hall–Kier alpha value is -2.86. The number of ether oxygens (including phenoxy) is 2. The normalized spacial score (nSPS) is 12.2. The maximum atomic E-state index is 11.1. The summed E-state index contributed by atoms with van der Waals surface area (Å²) in [6, 6.07) is 0. The van der Waals surface area contributed by atoms with Gasteiger partial charge in [-0.2, -0.15) is 0 Å². The van der Waals surface area contributed by atoms with Crippen LogP contribution < -0.4 is 0 Å². The van der Waals surface area contributed by atoms with Crippen molar-refractivity contribution in [2.24, 2.45) is 0 Å². The van der Waals surface area contributed by atoms with Crippen LogP contribution in [0.2, 0.25) is 0 Å². The molecule has 0 aromatic heterocycles. The van der Waals surface area contributed by atoms with Gasteiger partial charge in [-0.15, -0.1) is 0 Å². The molecule has 9 heteroatoms. The van der Waals surface area contributed by atoms with E-state index in [0.29, 0.717) is 0 Å². The van der Waals surface area contributed by atoms with Crippen LogP contribution >= 0.6 is 0 Å². The molecule has 3 N–H and O–H groups in total. The van der Waals surface area contributed by atoms with Crippen LogP contribution in [0.4, 0.5) is 0 Å². The summed E-state index contributed by atoms with van der Waals surface area (Å²) < 4.78 is 9.53. The molecule has 0 heterocycles. The molecule has 0 aromatic carbocycles. The van der Waals surface area contributed by atoms with Crippen molar-refractivity contribution in [2.75, 3.05) is 13.2 Å². The van der Waals surface area contributed by atoms with E-state index in [0.717, 1.165) is 12.2 Å². The molecule has 158 valence electrons. The second-order valence-corrected chi connectivity index (χ2v) is 5.69. The van der Waals surface area contributed by atoms with Crippen LogP contribution in [0, 0.1) is 10.8 Å². The molecule has 0 radical (unpaired) electrons. The molecule has 28 heavy (non-hydrogen) atoms. The smallest absolute Gasteiger partial charge is 0.333 e. The average molecular weight is 398 g/mol. The molecule has 0 amide bonds. The first-order valence-corrected chi connectivity index (χ1v) is 8.59. The van der Waals surface area contributed by atoms with Crippen LogP contribution in [-0.4, -0.2) is 48.5 Å². The maximum Gasteiger partial charge on any atom is 0.333 e. The predicted molar refractivity (Wildman–Crippen MR) is 102 cm³/mol. The minimum absolute atomic E-state index is 0.207. The zero-order valence-corrected chi connectivity index (χ0v) is 16.5. The monoisotopic (exact) mass is 398 g/mol. The van der Waals surface area contributed by atoms with E-state index in [1.807, 2.05) is 0 Å². The van der Waals surface area contributed by atoms with E-state index in [1.165, 1.54) is 52.4 Å². The molecule has 1 atom stereocenters. The third-order valence-corrected chi connectivity index (χ3v) is 3.07. The first kappa shape index (κ1) is 29.9. The minimum Gasteiger partial charge on any atom is -0.458 e. The highest BCUT2D eigenvalue weighted by atomic mass is 16.6. The molecule has 1 aliphatic carbocycles. The summed E-state index contributed by atoms with van der Waals surface area (Å²) in [5, 5.41) is 19.7. The second kappa shape index (κ2) is 22.2. The van der Waals surface area contributed by atoms with Crippen LogP contribution in [-0.2, 0) is 28.7 Å². The summed E-state index contributed by atoms with van der Waals surface area (Å²) in [7, 11) is 0. The van der Waals surface area contributed by atoms with Crippen molar-refractivity contribution in [1.82, 2.24) is 0 Å². The molecule has 1 unspecified atom stereocenters. The number of rotatable bonds is 6. The van der Waals surface area contributed by atoms with Gasteiger partial charge in [0.15, 0.2) is 6.10 Å². The zero-order valence-electron chi connectivity index (χ0n) is 16.5. The Balaban J connectivity index is -0.000000421. The first-order chi connectivity index (χ1) is 13.2. The maximum absolute atomic E-state index is 11.1. The Morgan fingerprint density at radius 3 is 1.50 bits per heavy atom. The molecule has 1 aliphatic rings. The van der Waals surface area contributed by atoms with Crippen molar-refractivity contribution in [1.29, 1.82) is 10.8 Å². The fourth-order valence-corrected chi connectivity index (χ4v) is 1.73. The highest BCUT2D eigenvalue weighted by Crippen LogP contribution is 2.15. The van der Waals surface area contributed by atoms with E-state index in [-0.39, 0.29) is 17.8 Å². The molecule has 1 saturated carbocycles. The lowest BCUT2D eigenvalue weighted by atomic mass is 10.0. The molecular formula is C19H30N2O7. The van der Waals surface area contributed by atoms with Crippen molar-refractivity contribution in [3.63, 3.8) is 0 Å². The van der Waals surface area contributed by atoms with Crippen molar-refractivity contribution in [2.45, 2.75) is 58.5 Å². The number of aliphatic hydroxyl groups excluding tert-OH is 1. The van der Waals surface area contributed by atoms with Gasteiger partial charge in [0.2, 0.25) is 12.2 Å². The molecule has 9 nitrogen and oxygen atoms in total. The number of nitrogens with one attached hydrogen (secondary N) is 2. The van der Waals surface area contributed by atoms with E-state index in [9.17, 15) is 9.59 Å². The molecule has 0 bridgehead atoms. The Kier molecular flexibility index (Phi) is 23.7. The third kappa shape index (κ3) is 23.1. The number of isocyanates is 2. The number of carbonyl (C=O) groups excluding carboxylic acids is 4. The number of carbonyl (C=O) groups is 2. The van der Waals surface area contributed by atoms with Gasteiger partial charge in [0.1, 0.15) is 6.61 Å². The van der Waals surface area contributed by atoms with Gasteiger partial charge in [-0.1, -0.05) is 51.7 Å². The van der Waals surface area contributed by atoms with Crippen LogP contribution in [0.25, 0.3) is 0 Å². The van der Waals surface area contributed by atoms with Crippen LogP contribution in [0.1, 0.15) is 52.4 Å². The largest absolute Gasteiger partial charge is 0.458 e. The van der Waals surface area contributed by atoms with Crippen LogP contribution in [0.15, 0.2) is 24.3 Å². The van der Waals surface area contributed by atoms with Gasteiger partial charge in [0.25, 0.3) is 0 Å². The SMILES string of the molecule is C1CCCCC1.C=C(C)C(=O)OCC(CO)OC(=O)C(=C)C.N=C=O.N=C=O. The van der Waals surface area contributed by atoms with Gasteiger partial charge in [-0.25, -0.2) is 30.0 Å². The van der Waals surface area contributed by atoms with Crippen LogP contribution in [0.3, 0.4) is 0 Å². The lowest BCUT2D eigenvalue weighted by molar-refractivity contribution is -0.156. The second-order valence-electron chi connectivity index (χ2n) is 5.69. The molecule has 0 aromatic rings. The molecule has 0 saturated heterocycles. The fourth-order valence-electron chi connectivity index (χ4n) is 1.73. The number of hydrogen-bond acceptors (Lipinski definition) is 9. The Bertz CT molecular complexity index is 519. The van der Waals surface area contributed by atoms with E-state index in [4.69, 9.17) is 35.0 Å². The molecule has 1 fully saturated rings. The summed E-state index contributed by atoms with van der Waals surface area (Å²) >= 11 is 0. The van der Waals surface area contributed by atoms with Crippen molar-refractivity contribution < 1.29 is 33.8 Å². The van der Waals surface area contributed by atoms with Gasteiger partial charge < -0.3 is 14.6 Å². The van der Waals surface area contributed by atoms with E-state index >= 15 is 0 Å². The molecule has 1 rings (SSSR count). The molecule has 0 aliphatic heterocycles. The van der Waals surface area contributed by atoms with E-state index < -0.39 is 24.6 Å². The highest BCUT2D eigenvalue weighted by molar-refractivity contribution is 5.87. The summed E-state index contributed by atoms with van der Waals surface area (Å²) in [6.45, 7) is 9.12. The van der Waals surface area contributed by atoms with E-state index in [2.05, 4.69) is 13.2 Å². The highest BCUT2D eigenvalue weighted by Gasteiger charge is 2.16. The van der Waals surface area contributed by atoms with Gasteiger partial charge in [0, 0.05) is 11.1 Å². The number of esters is 2. The average Bonchev–Trinajstić information content (AvgIpc) is 2.67. The molecular weight excluding hydrogens is 368 g/mol. The number of aliphatic hydroxyl groups is 1. The van der Waals surface area contributed by atoms with Crippen LogP contribution in [0.5, 0.6) is 0 Å². The van der Waals surface area contributed by atoms with E-state index in [1.54, 1.807) is 0 Å². The Labute approximate surface area is 165 Å². The summed E-state index contributed by atoms with van der Waals surface area (Å²) in [6.07, 6.45) is 9.62.